The molecule has 106 valence electrons. The minimum absolute atomic E-state index is 0.211. The molecule has 0 spiro atoms. The molecule has 20 heavy (non-hydrogen) atoms. The quantitative estimate of drug-likeness (QED) is 0.640. The van der Waals surface area contributed by atoms with Crippen LogP contribution in [0.15, 0.2) is 28.8 Å². The van der Waals surface area contributed by atoms with Crippen LogP contribution in [0.4, 0.5) is 5.69 Å². The van der Waals surface area contributed by atoms with E-state index >= 15 is 0 Å². The van der Waals surface area contributed by atoms with Crippen LogP contribution in [0.3, 0.4) is 0 Å². The number of aryl methyl sites for hydroxylation is 2. The molecule has 0 saturated heterocycles. The molecule has 1 aromatic carbocycles. The second-order valence-corrected chi connectivity index (χ2v) is 4.38. The van der Waals surface area contributed by atoms with Crippen molar-refractivity contribution in [3.05, 3.63) is 41.3 Å². The average Bonchev–Trinajstić information content (AvgIpc) is 2.74. The van der Waals surface area contributed by atoms with Crippen LogP contribution in [-0.2, 0) is 0 Å². The van der Waals surface area contributed by atoms with Gasteiger partial charge in [-0.3, -0.25) is 4.79 Å². The lowest BCUT2D eigenvalue weighted by Crippen LogP contribution is -2.28. The molecule has 3 N–H and O–H groups in total. The Bertz CT molecular complexity index is 588. The predicted octanol–water partition coefficient (Wildman–Crippen LogP) is 1.68. The van der Waals surface area contributed by atoms with Crippen molar-refractivity contribution >= 4 is 11.6 Å². The first kappa shape index (κ1) is 13.9. The molecule has 0 atom stereocenters. The van der Waals surface area contributed by atoms with Gasteiger partial charge in [0.25, 0.3) is 5.91 Å². The number of hydrogen-bond acceptors (Lipinski definition) is 5. The Balaban J connectivity index is 1.80. The zero-order valence-corrected chi connectivity index (χ0v) is 11.5. The third kappa shape index (κ3) is 3.28. The molecule has 0 fully saturated rings. The molecule has 2 aromatic rings. The Morgan fingerprint density at radius 2 is 2.25 bits per heavy atom. The van der Waals surface area contributed by atoms with Crippen LogP contribution >= 0.6 is 0 Å². The van der Waals surface area contributed by atoms with E-state index in [1.165, 1.54) is 0 Å². The van der Waals surface area contributed by atoms with E-state index in [1.54, 1.807) is 26.0 Å². The molecule has 2 rings (SSSR count). The largest absolute Gasteiger partial charge is 0.492 e. The van der Waals surface area contributed by atoms with Crippen LogP contribution in [0.1, 0.15) is 21.8 Å². The van der Waals surface area contributed by atoms with Gasteiger partial charge in [-0.05, 0) is 26.0 Å². The molecular weight excluding hydrogens is 258 g/mol. The Kier molecular flexibility index (Phi) is 4.24. The van der Waals surface area contributed by atoms with Gasteiger partial charge in [-0.15, -0.1) is 0 Å². The van der Waals surface area contributed by atoms with Crippen LogP contribution in [0.2, 0.25) is 0 Å². The Labute approximate surface area is 116 Å². The molecule has 0 aliphatic rings. The second-order valence-electron chi connectivity index (χ2n) is 4.38. The van der Waals surface area contributed by atoms with Crippen molar-refractivity contribution in [3.8, 4) is 5.75 Å². The molecule has 0 unspecified atom stereocenters. The number of aromatic nitrogens is 1. The lowest BCUT2D eigenvalue weighted by Gasteiger charge is -2.08. The third-order valence-electron chi connectivity index (χ3n) is 2.77. The lowest BCUT2D eigenvalue weighted by atomic mass is 10.2. The van der Waals surface area contributed by atoms with Crippen LogP contribution < -0.4 is 15.8 Å². The fourth-order valence-electron chi connectivity index (χ4n) is 1.83. The number of nitrogens with zero attached hydrogens (tertiary/aromatic N) is 1. The van der Waals surface area contributed by atoms with Crippen molar-refractivity contribution < 1.29 is 14.1 Å². The molecule has 0 saturated carbocycles. The number of ether oxygens (including phenoxy) is 1. The van der Waals surface area contributed by atoms with Crippen LogP contribution in [0.25, 0.3) is 0 Å². The van der Waals surface area contributed by atoms with Gasteiger partial charge in [0, 0.05) is 11.8 Å². The first-order valence-corrected chi connectivity index (χ1v) is 6.27. The Hall–Kier alpha value is -2.50. The summed E-state index contributed by atoms with van der Waals surface area (Å²) >= 11 is 0. The lowest BCUT2D eigenvalue weighted by molar-refractivity contribution is 0.0945. The summed E-state index contributed by atoms with van der Waals surface area (Å²) in [6, 6.07) is 7.14. The second kappa shape index (κ2) is 6.10. The molecule has 0 aliphatic carbocycles. The summed E-state index contributed by atoms with van der Waals surface area (Å²) in [5.74, 6) is 0.978. The van der Waals surface area contributed by atoms with Gasteiger partial charge in [0.15, 0.2) is 0 Å². The average molecular weight is 275 g/mol. The molecule has 0 bridgehead atoms. The smallest absolute Gasteiger partial charge is 0.256 e. The predicted molar refractivity (Wildman–Crippen MR) is 74.7 cm³/mol. The van der Waals surface area contributed by atoms with E-state index in [4.69, 9.17) is 15.0 Å². The van der Waals surface area contributed by atoms with Crippen molar-refractivity contribution in [2.24, 2.45) is 0 Å². The molecule has 1 heterocycles. The summed E-state index contributed by atoms with van der Waals surface area (Å²) in [6.45, 7) is 4.18. The summed E-state index contributed by atoms with van der Waals surface area (Å²) in [6.07, 6.45) is 0. The molecule has 6 nitrogen and oxygen atoms in total. The van der Waals surface area contributed by atoms with Crippen molar-refractivity contribution in [1.82, 2.24) is 10.5 Å². The van der Waals surface area contributed by atoms with Crippen LogP contribution in [0.5, 0.6) is 5.75 Å². The normalized spacial score (nSPS) is 10.3. The number of anilines is 1. The van der Waals surface area contributed by atoms with Gasteiger partial charge in [0.2, 0.25) is 0 Å². The zero-order chi connectivity index (χ0) is 14.5. The monoisotopic (exact) mass is 275 g/mol. The van der Waals surface area contributed by atoms with Crippen molar-refractivity contribution in [2.75, 3.05) is 18.9 Å². The van der Waals surface area contributed by atoms with Gasteiger partial charge in [-0.2, -0.15) is 0 Å². The first-order valence-electron chi connectivity index (χ1n) is 6.27. The number of carbonyl (C=O) groups excluding carboxylic acids is 1. The summed E-state index contributed by atoms with van der Waals surface area (Å²) < 4.78 is 10.4. The molecule has 0 radical (unpaired) electrons. The zero-order valence-electron chi connectivity index (χ0n) is 11.5. The number of hydrogen-bond donors (Lipinski definition) is 2. The highest BCUT2D eigenvalue weighted by Gasteiger charge is 2.16. The van der Waals surface area contributed by atoms with Crippen LogP contribution in [0, 0.1) is 13.8 Å². The summed E-state index contributed by atoms with van der Waals surface area (Å²) in [7, 11) is 0. The first-order chi connectivity index (χ1) is 9.58. The number of carbonyl (C=O) groups is 1. The highest BCUT2D eigenvalue weighted by molar-refractivity contribution is 5.96. The van der Waals surface area contributed by atoms with E-state index in [2.05, 4.69) is 10.5 Å². The molecule has 0 aliphatic heterocycles. The number of benzene rings is 1. The number of amides is 1. The standard InChI is InChI=1S/C14H17N3O3/c1-9-13(10(2)20-17-9)14(18)16-6-7-19-12-5-3-4-11(15)8-12/h3-5,8H,6-7,15H2,1-2H3,(H,16,18). The van der Waals surface area contributed by atoms with Crippen molar-refractivity contribution in [2.45, 2.75) is 13.8 Å². The maximum atomic E-state index is 11.9. The highest BCUT2D eigenvalue weighted by atomic mass is 16.5. The molecule has 1 aromatic heterocycles. The summed E-state index contributed by atoms with van der Waals surface area (Å²) in [5.41, 5.74) is 7.34. The van der Waals surface area contributed by atoms with E-state index < -0.39 is 0 Å². The van der Waals surface area contributed by atoms with Gasteiger partial charge in [-0.1, -0.05) is 11.2 Å². The molecule has 6 heteroatoms. The Morgan fingerprint density at radius 3 is 2.90 bits per heavy atom. The number of nitrogen functional groups attached to an aromatic ring is 1. The topological polar surface area (TPSA) is 90.4 Å². The Morgan fingerprint density at radius 1 is 1.45 bits per heavy atom. The highest BCUT2D eigenvalue weighted by Crippen LogP contribution is 2.14. The minimum Gasteiger partial charge on any atom is -0.492 e. The fourth-order valence-corrected chi connectivity index (χ4v) is 1.83. The van der Waals surface area contributed by atoms with Gasteiger partial charge < -0.3 is 20.3 Å². The summed E-state index contributed by atoms with van der Waals surface area (Å²) in [5, 5.41) is 6.50. The van der Waals surface area contributed by atoms with E-state index in [0.717, 1.165) is 0 Å². The molecule has 1 amide bonds. The van der Waals surface area contributed by atoms with E-state index in [1.807, 2.05) is 12.1 Å². The SMILES string of the molecule is Cc1noc(C)c1C(=O)NCCOc1cccc(N)c1. The van der Waals surface area contributed by atoms with Gasteiger partial charge in [0.05, 0.1) is 12.2 Å². The third-order valence-corrected chi connectivity index (χ3v) is 2.77. The summed E-state index contributed by atoms with van der Waals surface area (Å²) in [4.78, 5) is 11.9. The molecular formula is C14H17N3O3. The number of nitrogens with two attached hydrogens (primary N) is 1. The van der Waals surface area contributed by atoms with Crippen LogP contribution in [-0.4, -0.2) is 24.2 Å². The number of rotatable bonds is 5. The maximum Gasteiger partial charge on any atom is 0.256 e. The number of nitrogens with one attached hydrogen (secondary N) is 1. The minimum atomic E-state index is -0.211. The maximum absolute atomic E-state index is 11.9. The van der Waals surface area contributed by atoms with Gasteiger partial charge in [0.1, 0.15) is 23.7 Å². The fraction of sp³-hybridized carbons (Fsp3) is 0.286. The van der Waals surface area contributed by atoms with Gasteiger partial charge in [-0.25, -0.2) is 0 Å². The van der Waals surface area contributed by atoms with E-state index in [9.17, 15) is 4.79 Å². The van der Waals surface area contributed by atoms with Crippen molar-refractivity contribution in [1.29, 1.82) is 0 Å². The van der Waals surface area contributed by atoms with E-state index in [0.29, 0.717) is 41.6 Å². The van der Waals surface area contributed by atoms with Gasteiger partial charge >= 0.3 is 0 Å². The van der Waals surface area contributed by atoms with E-state index in [-0.39, 0.29) is 5.91 Å². The van der Waals surface area contributed by atoms with Crippen molar-refractivity contribution in [3.63, 3.8) is 0 Å².